The van der Waals surface area contributed by atoms with Crippen LogP contribution in [0.5, 0.6) is 5.88 Å². The lowest BCUT2D eigenvalue weighted by atomic mass is 10.1. The van der Waals surface area contributed by atoms with Gasteiger partial charge in [-0.3, -0.25) is 4.68 Å². The molecule has 1 amide bonds. The van der Waals surface area contributed by atoms with Crippen molar-refractivity contribution in [3.05, 3.63) is 66.1 Å². The van der Waals surface area contributed by atoms with E-state index in [1.165, 1.54) is 17.2 Å². The molecule has 0 aliphatic carbocycles. The highest BCUT2D eigenvalue weighted by Gasteiger charge is 2.25. The first-order valence-corrected chi connectivity index (χ1v) is 10.9. The molecule has 1 aromatic carbocycles. The molecule has 0 radical (unpaired) electrons. The number of amides is 1. The van der Waals surface area contributed by atoms with Crippen LogP contribution >= 0.6 is 0 Å². The summed E-state index contributed by atoms with van der Waals surface area (Å²) in [5.41, 5.74) is 1.74. The average molecular weight is 482 g/mol. The molecule has 1 fully saturated rings. The molecule has 4 aromatic rings. The van der Waals surface area contributed by atoms with Crippen LogP contribution in [-0.4, -0.2) is 60.2 Å². The van der Waals surface area contributed by atoms with E-state index in [0.717, 1.165) is 6.20 Å². The number of aromatic nitrogens is 5. The van der Waals surface area contributed by atoms with E-state index in [1.54, 1.807) is 35.0 Å². The zero-order valence-corrected chi connectivity index (χ0v) is 18.3. The molecular weight excluding hydrogens is 462 g/mol. The van der Waals surface area contributed by atoms with Crippen LogP contribution in [0.4, 0.5) is 13.6 Å². The van der Waals surface area contributed by atoms with Crippen molar-refractivity contribution in [3.63, 3.8) is 0 Å². The molecule has 0 unspecified atom stereocenters. The van der Waals surface area contributed by atoms with Gasteiger partial charge in [-0.05, 0) is 12.1 Å². The molecule has 3 aromatic heterocycles. The van der Waals surface area contributed by atoms with Gasteiger partial charge in [0.05, 0.1) is 18.4 Å². The number of ether oxygens (including phenoxy) is 1. The fraction of sp³-hybridized carbons (Fsp3) is 0.261. The fourth-order valence-electron chi connectivity index (χ4n) is 3.87. The third kappa shape index (κ3) is 4.81. The van der Waals surface area contributed by atoms with Crippen molar-refractivity contribution in [3.8, 4) is 28.8 Å². The molecule has 1 aliphatic rings. The third-order valence-electron chi connectivity index (χ3n) is 5.69. The van der Waals surface area contributed by atoms with Crippen molar-refractivity contribution in [1.29, 1.82) is 0 Å². The average Bonchev–Trinajstić information content (AvgIpc) is 3.52. The summed E-state index contributed by atoms with van der Waals surface area (Å²) in [6, 6.07) is 9.64. The van der Waals surface area contributed by atoms with Gasteiger partial charge in [0.25, 0.3) is 5.88 Å². The Labute approximate surface area is 197 Å². The number of carboxylic acid groups (broad SMARTS) is 1. The summed E-state index contributed by atoms with van der Waals surface area (Å²) in [7, 11) is 0. The number of nitrogens with zero attached hydrogens (tertiary/aromatic N) is 6. The molecule has 0 bridgehead atoms. The SMILES string of the molecule is O=C(O)N1CCC(Oc2nc(-c3cc(-c4ccon4)n(Cc4ccccc4F)n3)ncc2F)CC1. The number of halogens is 2. The second-order valence-corrected chi connectivity index (χ2v) is 7.98. The van der Waals surface area contributed by atoms with Gasteiger partial charge in [0.2, 0.25) is 5.82 Å². The van der Waals surface area contributed by atoms with Gasteiger partial charge in [0.15, 0.2) is 5.82 Å². The Morgan fingerprint density at radius 3 is 2.66 bits per heavy atom. The largest absolute Gasteiger partial charge is 0.472 e. The summed E-state index contributed by atoms with van der Waals surface area (Å²) in [4.78, 5) is 20.6. The maximum Gasteiger partial charge on any atom is 0.407 e. The van der Waals surface area contributed by atoms with Gasteiger partial charge in [-0.25, -0.2) is 14.2 Å². The first-order valence-electron chi connectivity index (χ1n) is 10.9. The Morgan fingerprint density at radius 2 is 1.94 bits per heavy atom. The number of carbonyl (C=O) groups is 1. The van der Waals surface area contributed by atoms with Crippen molar-refractivity contribution < 1.29 is 27.9 Å². The summed E-state index contributed by atoms with van der Waals surface area (Å²) in [5.74, 6) is -1.24. The zero-order valence-electron chi connectivity index (χ0n) is 18.3. The van der Waals surface area contributed by atoms with Crippen molar-refractivity contribution in [2.45, 2.75) is 25.5 Å². The maximum absolute atomic E-state index is 14.4. The first-order chi connectivity index (χ1) is 17.0. The minimum atomic E-state index is -0.993. The van der Waals surface area contributed by atoms with E-state index >= 15 is 0 Å². The predicted octanol–water partition coefficient (Wildman–Crippen LogP) is 3.84. The van der Waals surface area contributed by atoms with E-state index < -0.39 is 11.9 Å². The zero-order chi connectivity index (χ0) is 24.4. The Kier molecular flexibility index (Phi) is 6.08. The van der Waals surface area contributed by atoms with Gasteiger partial charge in [0, 0.05) is 37.6 Å². The predicted molar refractivity (Wildman–Crippen MR) is 117 cm³/mol. The molecule has 0 saturated carbocycles. The van der Waals surface area contributed by atoms with E-state index in [4.69, 9.17) is 14.4 Å². The first kappa shape index (κ1) is 22.4. The van der Waals surface area contributed by atoms with Crippen LogP contribution in [0.15, 0.2) is 53.4 Å². The molecule has 5 rings (SSSR count). The standard InChI is InChI=1S/C23H20F2N6O4/c24-16-4-2-1-3-14(16)13-31-20(18-7-10-34-29-18)11-19(28-31)21-26-12-17(25)22(27-21)35-15-5-8-30(9-6-15)23(32)33/h1-4,7,10-12,15H,5-6,8-9,13H2,(H,32,33). The number of hydrogen-bond acceptors (Lipinski definition) is 7. The lowest BCUT2D eigenvalue weighted by molar-refractivity contribution is 0.0845. The van der Waals surface area contributed by atoms with Gasteiger partial charge < -0.3 is 19.3 Å². The van der Waals surface area contributed by atoms with Crippen LogP contribution < -0.4 is 4.74 Å². The van der Waals surface area contributed by atoms with Crippen molar-refractivity contribution >= 4 is 6.09 Å². The van der Waals surface area contributed by atoms with Gasteiger partial charge in [-0.2, -0.15) is 14.5 Å². The molecule has 180 valence electrons. The van der Waals surface area contributed by atoms with Crippen LogP contribution in [-0.2, 0) is 6.54 Å². The van der Waals surface area contributed by atoms with E-state index in [9.17, 15) is 13.6 Å². The van der Waals surface area contributed by atoms with Gasteiger partial charge >= 0.3 is 6.09 Å². The Bertz CT molecular complexity index is 1340. The Balaban J connectivity index is 1.43. The lowest BCUT2D eigenvalue weighted by Crippen LogP contribution is -2.41. The smallest absolute Gasteiger partial charge is 0.407 e. The van der Waals surface area contributed by atoms with Crippen LogP contribution in [0, 0.1) is 11.6 Å². The normalized spacial score (nSPS) is 14.3. The van der Waals surface area contributed by atoms with Crippen LogP contribution in [0.1, 0.15) is 18.4 Å². The van der Waals surface area contributed by atoms with Gasteiger partial charge in [0.1, 0.15) is 29.6 Å². The molecule has 1 aliphatic heterocycles. The number of likely N-dealkylation sites (tertiary alicyclic amines) is 1. The number of piperidine rings is 1. The quantitative estimate of drug-likeness (QED) is 0.440. The highest BCUT2D eigenvalue weighted by molar-refractivity contribution is 5.65. The monoisotopic (exact) mass is 482 g/mol. The summed E-state index contributed by atoms with van der Waals surface area (Å²) in [6.07, 6.45) is 1.86. The summed E-state index contributed by atoms with van der Waals surface area (Å²) < 4.78 is 40.9. The lowest BCUT2D eigenvalue weighted by Gasteiger charge is -2.29. The Hall–Kier alpha value is -4.35. The minimum absolute atomic E-state index is 0.112. The van der Waals surface area contributed by atoms with Crippen LogP contribution in [0.3, 0.4) is 0 Å². The number of benzene rings is 1. The highest BCUT2D eigenvalue weighted by atomic mass is 19.1. The second-order valence-electron chi connectivity index (χ2n) is 7.98. The van der Waals surface area contributed by atoms with Crippen LogP contribution in [0.25, 0.3) is 22.9 Å². The van der Waals surface area contributed by atoms with Gasteiger partial charge in [-0.15, -0.1) is 0 Å². The number of rotatable bonds is 6. The third-order valence-corrected chi connectivity index (χ3v) is 5.69. The van der Waals surface area contributed by atoms with Crippen molar-refractivity contribution in [2.75, 3.05) is 13.1 Å². The molecule has 10 nitrogen and oxygen atoms in total. The molecule has 4 heterocycles. The molecule has 1 N–H and O–H groups in total. The fourth-order valence-corrected chi connectivity index (χ4v) is 3.87. The molecule has 35 heavy (non-hydrogen) atoms. The molecular formula is C23H20F2N6O4. The van der Waals surface area contributed by atoms with E-state index in [2.05, 4.69) is 20.2 Å². The highest BCUT2D eigenvalue weighted by Crippen LogP contribution is 2.27. The van der Waals surface area contributed by atoms with Crippen molar-refractivity contribution in [2.24, 2.45) is 0 Å². The molecule has 0 spiro atoms. The molecule has 1 saturated heterocycles. The minimum Gasteiger partial charge on any atom is -0.472 e. The molecule has 12 heteroatoms. The summed E-state index contributed by atoms with van der Waals surface area (Å²) in [5, 5.41) is 17.5. The Morgan fingerprint density at radius 1 is 1.14 bits per heavy atom. The van der Waals surface area contributed by atoms with Crippen molar-refractivity contribution in [1.82, 2.24) is 29.8 Å². The summed E-state index contributed by atoms with van der Waals surface area (Å²) in [6.45, 7) is 0.698. The van der Waals surface area contributed by atoms with Gasteiger partial charge in [-0.1, -0.05) is 23.4 Å². The van der Waals surface area contributed by atoms with Crippen LogP contribution in [0.2, 0.25) is 0 Å². The summed E-state index contributed by atoms with van der Waals surface area (Å²) >= 11 is 0. The topological polar surface area (TPSA) is 119 Å². The van der Waals surface area contributed by atoms with E-state index in [-0.39, 0.29) is 30.2 Å². The number of hydrogen-bond donors (Lipinski definition) is 1. The maximum atomic E-state index is 14.4. The van der Waals surface area contributed by atoms with E-state index in [1.807, 2.05) is 0 Å². The second kappa shape index (κ2) is 9.49. The van der Waals surface area contributed by atoms with E-state index in [0.29, 0.717) is 48.6 Å². The molecule has 0 atom stereocenters.